The van der Waals surface area contributed by atoms with E-state index in [1.807, 2.05) is 36.0 Å². The first kappa shape index (κ1) is 23.1. The summed E-state index contributed by atoms with van der Waals surface area (Å²) >= 11 is 1.84. The molecule has 5 rings (SSSR count). The van der Waals surface area contributed by atoms with Crippen molar-refractivity contribution in [2.75, 3.05) is 13.7 Å². The van der Waals surface area contributed by atoms with Gasteiger partial charge < -0.3 is 14.0 Å². The summed E-state index contributed by atoms with van der Waals surface area (Å²) < 4.78 is 13.6. The lowest BCUT2D eigenvalue weighted by Gasteiger charge is -2.19. The molecule has 0 saturated carbocycles. The molecule has 0 aliphatic heterocycles. The van der Waals surface area contributed by atoms with Crippen molar-refractivity contribution in [1.29, 1.82) is 0 Å². The van der Waals surface area contributed by atoms with Crippen molar-refractivity contribution >= 4 is 22.8 Å². The van der Waals surface area contributed by atoms with Crippen LogP contribution in [0.25, 0.3) is 11.0 Å². The second-order valence-electron chi connectivity index (χ2n) is 8.21. The third kappa shape index (κ3) is 5.52. The van der Waals surface area contributed by atoms with E-state index in [-0.39, 0.29) is 5.25 Å². The van der Waals surface area contributed by atoms with Crippen molar-refractivity contribution in [2.24, 2.45) is 0 Å². The Morgan fingerprint density at radius 1 is 0.771 bits per heavy atom. The van der Waals surface area contributed by atoms with E-state index in [9.17, 15) is 0 Å². The highest BCUT2D eigenvalue weighted by atomic mass is 32.2. The summed E-state index contributed by atoms with van der Waals surface area (Å²) in [6.45, 7) is 1.45. The van der Waals surface area contributed by atoms with Gasteiger partial charge in [-0.1, -0.05) is 60.7 Å². The predicted molar refractivity (Wildman–Crippen MR) is 143 cm³/mol. The van der Waals surface area contributed by atoms with Gasteiger partial charge in [0.15, 0.2) is 0 Å². The highest BCUT2D eigenvalue weighted by Gasteiger charge is 2.23. The Kier molecular flexibility index (Phi) is 7.35. The molecule has 0 bridgehead atoms. The SMILES string of the molecule is COc1ccc(OCCCn2c(C(Sc3ccccc3)c3ccccc3)nc3ccccc32)cc1. The molecule has 0 spiro atoms. The summed E-state index contributed by atoms with van der Waals surface area (Å²) in [6, 6.07) is 37.3. The minimum Gasteiger partial charge on any atom is -0.497 e. The quantitative estimate of drug-likeness (QED) is 0.154. The second-order valence-corrected chi connectivity index (χ2v) is 9.39. The van der Waals surface area contributed by atoms with Crippen molar-refractivity contribution in [1.82, 2.24) is 9.55 Å². The summed E-state index contributed by atoms with van der Waals surface area (Å²) in [5.74, 6) is 2.74. The van der Waals surface area contributed by atoms with Gasteiger partial charge in [-0.05, 0) is 60.5 Å². The van der Waals surface area contributed by atoms with E-state index in [4.69, 9.17) is 14.5 Å². The number of nitrogens with zero attached hydrogens (tertiary/aromatic N) is 2. The lowest BCUT2D eigenvalue weighted by atomic mass is 10.1. The van der Waals surface area contributed by atoms with Crippen LogP contribution in [0.15, 0.2) is 114 Å². The Balaban J connectivity index is 1.42. The van der Waals surface area contributed by atoms with Crippen LogP contribution >= 0.6 is 11.8 Å². The molecule has 0 fully saturated rings. The van der Waals surface area contributed by atoms with E-state index in [1.54, 1.807) is 7.11 Å². The van der Waals surface area contributed by atoms with Crippen LogP contribution in [0.3, 0.4) is 0 Å². The normalized spacial score (nSPS) is 11.9. The molecule has 0 saturated heterocycles. The Labute approximate surface area is 210 Å². The van der Waals surface area contributed by atoms with E-state index >= 15 is 0 Å². The first-order valence-electron chi connectivity index (χ1n) is 11.8. The third-order valence-corrected chi connectivity index (χ3v) is 7.14. The van der Waals surface area contributed by atoms with Crippen molar-refractivity contribution in [3.8, 4) is 11.5 Å². The number of rotatable bonds is 10. The van der Waals surface area contributed by atoms with Gasteiger partial charge in [-0.2, -0.15) is 0 Å². The minimum absolute atomic E-state index is 0.0773. The number of para-hydroxylation sites is 2. The second kappa shape index (κ2) is 11.2. The maximum atomic E-state index is 6.00. The zero-order valence-electron chi connectivity index (χ0n) is 19.7. The molecule has 0 radical (unpaired) electrons. The summed E-state index contributed by atoms with van der Waals surface area (Å²) in [5, 5.41) is 0.0773. The molecule has 4 nitrogen and oxygen atoms in total. The number of thioether (sulfide) groups is 1. The summed E-state index contributed by atoms with van der Waals surface area (Å²) in [5.41, 5.74) is 3.42. The highest BCUT2D eigenvalue weighted by Crippen LogP contribution is 2.41. The van der Waals surface area contributed by atoms with E-state index in [1.165, 1.54) is 10.5 Å². The smallest absolute Gasteiger partial charge is 0.127 e. The van der Waals surface area contributed by atoms with Crippen LogP contribution in [-0.2, 0) is 6.54 Å². The standard InChI is InChI=1S/C30H28N2O2S/c1-33-24-17-19-25(20-18-24)34-22-10-21-32-28-16-9-8-15-27(28)31-30(32)29(23-11-4-2-5-12-23)35-26-13-6-3-7-14-26/h2-9,11-20,29H,10,21-22H2,1H3. The van der Waals surface area contributed by atoms with Gasteiger partial charge in [-0.3, -0.25) is 0 Å². The van der Waals surface area contributed by atoms with Crippen LogP contribution in [0.2, 0.25) is 0 Å². The van der Waals surface area contributed by atoms with Gasteiger partial charge >= 0.3 is 0 Å². The van der Waals surface area contributed by atoms with Crippen LogP contribution < -0.4 is 9.47 Å². The zero-order valence-corrected chi connectivity index (χ0v) is 20.5. The predicted octanol–water partition coefficient (Wildman–Crippen LogP) is 7.40. The zero-order chi connectivity index (χ0) is 23.9. The lowest BCUT2D eigenvalue weighted by molar-refractivity contribution is 0.301. The van der Waals surface area contributed by atoms with Gasteiger partial charge in [0.2, 0.25) is 0 Å². The van der Waals surface area contributed by atoms with Crippen LogP contribution in [0.1, 0.15) is 23.1 Å². The van der Waals surface area contributed by atoms with Gasteiger partial charge in [0, 0.05) is 11.4 Å². The molecule has 5 aromatic rings. The number of fused-ring (bicyclic) bond motifs is 1. The number of methoxy groups -OCH3 is 1. The fraction of sp³-hybridized carbons (Fsp3) is 0.167. The van der Waals surface area contributed by atoms with E-state index in [0.717, 1.165) is 41.3 Å². The molecule has 1 heterocycles. The van der Waals surface area contributed by atoms with E-state index < -0.39 is 0 Å². The lowest BCUT2D eigenvalue weighted by Crippen LogP contribution is -2.11. The van der Waals surface area contributed by atoms with Crippen molar-refractivity contribution < 1.29 is 9.47 Å². The summed E-state index contributed by atoms with van der Waals surface area (Å²) in [6.07, 6.45) is 0.872. The molecule has 176 valence electrons. The molecular formula is C30H28N2O2S. The molecule has 1 unspecified atom stereocenters. The maximum Gasteiger partial charge on any atom is 0.127 e. The molecule has 4 aromatic carbocycles. The summed E-state index contributed by atoms with van der Waals surface area (Å²) in [7, 11) is 1.67. The molecule has 1 atom stereocenters. The minimum atomic E-state index is 0.0773. The Morgan fingerprint density at radius 2 is 1.43 bits per heavy atom. The number of aryl methyl sites for hydroxylation is 1. The van der Waals surface area contributed by atoms with Gasteiger partial charge in [0.25, 0.3) is 0 Å². The van der Waals surface area contributed by atoms with Gasteiger partial charge in [-0.15, -0.1) is 11.8 Å². The van der Waals surface area contributed by atoms with Gasteiger partial charge in [0.1, 0.15) is 17.3 Å². The van der Waals surface area contributed by atoms with Crippen LogP contribution in [0.4, 0.5) is 0 Å². The van der Waals surface area contributed by atoms with Crippen LogP contribution in [0, 0.1) is 0 Å². The number of imidazole rings is 1. The molecule has 35 heavy (non-hydrogen) atoms. The average molecular weight is 481 g/mol. The van der Waals surface area contributed by atoms with Gasteiger partial charge in [-0.25, -0.2) is 4.98 Å². The topological polar surface area (TPSA) is 36.3 Å². The van der Waals surface area contributed by atoms with Crippen molar-refractivity contribution in [3.05, 3.63) is 121 Å². The number of hydrogen-bond donors (Lipinski definition) is 0. The number of ether oxygens (including phenoxy) is 2. The molecule has 5 heteroatoms. The van der Waals surface area contributed by atoms with Crippen molar-refractivity contribution in [3.63, 3.8) is 0 Å². The molecule has 0 aliphatic carbocycles. The van der Waals surface area contributed by atoms with E-state index in [0.29, 0.717) is 6.61 Å². The highest BCUT2D eigenvalue weighted by molar-refractivity contribution is 7.99. The first-order chi connectivity index (χ1) is 17.3. The van der Waals surface area contributed by atoms with Crippen LogP contribution in [-0.4, -0.2) is 23.3 Å². The largest absolute Gasteiger partial charge is 0.497 e. The number of hydrogen-bond acceptors (Lipinski definition) is 4. The fourth-order valence-corrected chi connectivity index (χ4v) is 5.31. The van der Waals surface area contributed by atoms with Crippen LogP contribution in [0.5, 0.6) is 11.5 Å². The monoisotopic (exact) mass is 480 g/mol. The van der Waals surface area contributed by atoms with E-state index in [2.05, 4.69) is 89.5 Å². The molecule has 1 aromatic heterocycles. The average Bonchev–Trinajstić information content (AvgIpc) is 3.29. The van der Waals surface area contributed by atoms with Crippen molar-refractivity contribution in [2.45, 2.75) is 23.1 Å². The fourth-order valence-electron chi connectivity index (χ4n) is 4.15. The summed E-state index contributed by atoms with van der Waals surface area (Å²) in [4.78, 5) is 6.35. The Hall–Kier alpha value is -3.70. The maximum absolute atomic E-state index is 6.00. The number of benzene rings is 4. The third-order valence-electron chi connectivity index (χ3n) is 5.87. The Bertz CT molecular complexity index is 1350. The first-order valence-corrected chi connectivity index (χ1v) is 12.7. The molecular weight excluding hydrogens is 452 g/mol. The Morgan fingerprint density at radius 3 is 2.17 bits per heavy atom. The molecule has 0 amide bonds. The number of aromatic nitrogens is 2. The molecule has 0 N–H and O–H groups in total. The molecule has 0 aliphatic rings. The van der Waals surface area contributed by atoms with Gasteiger partial charge in [0.05, 0.1) is 30.0 Å².